The highest BCUT2D eigenvalue weighted by molar-refractivity contribution is 5.76. The van der Waals surface area contributed by atoms with Crippen molar-refractivity contribution >= 4 is 5.97 Å². The summed E-state index contributed by atoms with van der Waals surface area (Å²) in [4.78, 5) is 14.1. The molecule has 166 valence electrons. The van der Waals surface area contributed by atoms with Gasteiger partial charge in [0, 0.05) is 24.3 Å². The molecule has 4 rings (SSSR count). The van der Waals surface area contributed by atoms with Crippen LogP contribution in [0.3, 0.4) is 0 Å². The van der Waals surface area contributed by atoms with Gasteiger partial charge in [0.05, 0.1) is 19.7 Å². The van der Waals surface area contributed by atoms with Crippen LogP contribution in [-0.4, -0.2) is 30.8 Å². The van der Waals surface area contributed by atoms with Crippen molar-refractivity contribution in [2.45, 2.75) is 31.4 Å². The lowest BCUT2D eigenvalue weighted by Crippen LogP contribution is -3.14. The largest absolute Gasteiger partial charge is 0.461 e. The van der Waals surface area contributed by atoms with E-state index in [0.717, 1.165) is 42.6 Å². The third-order valence-corrected chi connectivity index (χ3v) is 6.71. The number of rotatable bonds is 7. The molecule has 1 atom stereocenters. The molecule has 0 aromatic heterocycles. The fourth-order valence-corrected chi connectivity index (χ4v) is 5.13. The molecule has 0 radical (unpaired) electrons. The zero-order chi connectivity index (χ0) is 22.4. The van der Waals surface area contributed by atoms with Gasteiger partial charge in [-0.25, -0.2) is 4.79 Å². The molecule has 1 aliphatic rings. The number of hydrogen-bond acceptors (Lipinski definition) is 3. The molecule has 0 bridgehead atoms. The molecule has 0 aliphatic carbocycles. The number of ether oxygens (including phenoxy) is 1. The quantitative estimate of drug-likeness (QED) is 0.564. The predicted octanol–water partition coefficient (Wildman–Crippen LogP) is 3.52. The van der Waals surface area contributed by atoms with Gasteiger partial charge in [0.15, 0.2) is 0 Å². The number of carbonyl (C=O) groups excluding carboxylic acids is 1. The molecule has 0 unspecified atom stereocenters. The molecule has 0 spiro atoms. The number of aliphatic hydroxyl groups is 1. The SMILES string of the molecule is CCOC(=O)[C@@H](c1ccccc1)[NH+]1CCC(C(O)(c2ccccc2)c2ccccc2)CC1. The molecular formula is C28H32NO3+. The van der Waals surface area contributed by atoms with Gasteiger partial charge in [-0.15, -0.1) is 0 Å². The molecule has 3 aromatic carbocycles. The smallest absolute Gasteiger partial charge is 0.369 e. The molecule has 4 heteroatoms. The minimum absolute atomic E-state index is 0.0645. The molecule has 3 aromatic rings. The minimum atomic E-state index is -1.06. The summed E-state index contributed by atoms with van der Waals surface area (Å²) in [5.74, 6) is -0.108. The van der Waals surface area contributed by atoms with Crippen molar-refractivity contribution in [1.82, 2.24) is 0 Å². The Labute approximate surface area is 190 Å². The summed E-state index contributed by atoms with van der Waals surface area (Å²) in [6.45, 7) is 3.82. The molecule has 1 aliphatic heterocycles. The third kappa shape index (κ3) is 4.47. The first-order valence-corrected chi connectivity index (χ1v) is 11.5. The third-order valence-electron chi connectivity index (χ3n) is 6.71. The highest BCUT2D eigenvalue weighted by Gasteiger charge is 2.45. The number of quaternary nitrogens is 1. The molecule has 1 fully saturated rings. The second kappa shape index (κ2) is 10.1. The van der Waals surface area contributed by atoms with Gasteiger partial charge in [-0.3, -0.25) is 0 Å². The zero-order valence-electron chi connectivity index (χ0n) is 18.6. The summed E-state index contributed by atoms with van der Waals surface area (Å²) in [7, 11) is 0. The molecular weight excluding hydrogens is 398 g/mol. The Hall–Kier alpha value is -2.95. The van der Waals surface area contributed by atoms with E-state index >= 15 is 0 Å². The number of nitrogens with one attached hydrogen (secondary N) is 1. The maximum Gasteiger partial charge on any atom is 0.369 e. The number of piperidine rings is 1. The van der Waals surface area contributed by atoms with Crippen molar-refractivity contribution in [3.05, 3.63) is 108 Å². The van der Waals surface area contributed by atoms with Crippen molar-refractivity contribution < 1.29 is 19.5 Å². The zero-order valence-corrected chi connectivity index (χ0v) is 18.6. The van der Waals surface area contributed by atoms with Crippen molar-refractivity contribution in [2.75, 3.05) is 19.7 Å². The highest BCUT2D eigenvalue weighted by atomic mass is 16.5. The number of likely N-dealkylation sites (tertiary alicyclic amines) is 1. The second-order valence-electron chi connectivity index (χ2n) is 8.53. The lowest BCUT2D eigenvalue weighted by Gasteiger charge is -2.42. The lowest BCUT2D eigenvalue weighted by atomic mass is 9.72. The van der Waals surface area contributed by atoms with E-state index in [-0.39, 0.29) is 17.9 Å². The van der Waals surface area contributed by atoms with E-state index in [0.29, 0.717) is 6.61 Å². The molecule has 0 amide bonds. The van der Waals surface area contributed by atoms with E-state index < -0.39 is 5.60 Å². The number of benzene rings is 3. The summed E-state index contributed by atoms with van der Waals surface area (Å²) in [5, 5.41) is 12.1. The monoisotopic (exact) mass is 430 g/mol. The van der Waals surface area contributed by atoms with E-state index in [1.807, 2.05) is 97.9 Å². The molecule has 32 heavy (non-hydrogen) atoms. The first-order valence-electron chi connectivity index (χ1n) is 11.5. The minimum Gasteiger partial charge on any atom is -0.461 e. The van der Waals surface area contributed by atoms with Crippen LogP contribution in [0.15, 0.2) is 91.0 Å². The Morgan fingerprint density at radius 2 is 1.38 bits per heavy atom. The topological polar surface area (TPSA) is 51.0 Å². The standard InChI is InChI=1S/C28H31NO3/c1-2-32-27(30)26(22-12-6-3-7-13-22)29-20-18-25(19-21-29)28(31,23-14-8-4-9-15-23)24-16-10-5-11-17-24/h3-17,25-26,31H,2,18-21H2,1H3/p+1/t26-/m1/s1. The summed E-state index contributed by atoms with van der Waals surface area (Å²) in [5.41, 5.74) is 1.77. The van der Waals surface area contributed by atoms with E-state index in [2.05, 4.69) is 0 Å². The van der Waals surface area contributed by atoms with Crippen molar-refractivity contribution in [1.29, 1.82) is 0 Å². The Balaban J connectivity index is 1.60. The van der Waals surface area contributed by atoms with E-state index in [1.165, 1.54) is 4.90 Å². The van der Waals surface area contributed by atoms with E-state index in [1.54, 1.807) is 0 Å². The van der Waals surface area contributed by atoms with E-state index in [4.69, 9.17) is 4.74 Å². The van der Waals surface area contributed by atoms with Gasteiger partial charge in [0.25, 0.3) is 0 Å². The number of carbonyl (C=O) groups is 1. The summed E-state index contributed by atoms with van der Waals surface area (Å²) in [6, 6.07) is 29.5. The molecule has 0 saturated carbocycles. The average molecular weight is 431 g/mol. The second-order valence-corrected chi connectivity index (χ2v) is 8.53. The molecule has 2 N–H and O–H groups in total. The normalized spacial score (nSPS) is 19.8. The van der Waals surface area contributed by atoms with Gasteiger partial charge in [-0.2, -0.15) is 0 Å². The van der Waals surface area contributed by atoms with Crippen LogP contribution in [0, 0.1) is 5.92 Å². The van der Waals surface area contributed by atoms with Gasteiger partial charge >= 0.3 is 5.97 Å². The summed E-state index contributed by atoms with van der Waals surface area (Å²) in [6.07, 6.45) is 1.64. The average Bonchev–Trinajstić information content (AvgIpc) is 2.86. The number of hydrogen-bond donors (Lipinski definition) is 2. The van der Waals surface area contributed by atoms with Crippen LogP contribution in [0.1, 0.15) is 42.5 Å². The van der Waals surface area contributed by atoms with Crippen LogP contribution in [0.4, 0.5) is 0 Å². The van der Waals surface area contributed by atoms with Crippen LogP contribution in [-0.2, 0) is 15.1 Å². The van der Waals surface area contributed by atoms with Gasteiger partial charge in [-0.05, 0) is 18.1 Å². The Kier molecular flexibility index (Phi) is 7.03. The first-order chi connectivity index (χ1) is 15.6. The fraction of sp³-hybridized carbons (Fsp3) is 0.321. The van der Waals surface area contributed by atoms with Gasteiger partial charge in [0.1, 0.15) is 5.60 Å². The highest BCUT2D eigenvalue weighted by Crippen LogP contribution is 2.40. The maximum atomic E-state index is 12.9. The summed E-state index contributed by atoms with van der Waals surface area (Å²) < 4.78 is 5.44. The van der Waals surface area contributed by atoms with Crippen LogP contribution in [0.5, 0.6) is 0 Å². The summed E-state index contributed by atoms with van der Waals surface area (Å²) >= 11 is 0. The molecule has 1 heterocycles. The van der Waals surface area contributed by atoms with Crippen molar-refractivity contribution in [2.24, 2.45) is 5.92 Å². The van der Waals surface area contributed by atoms with Gasteiger partial charge in [-0.1, -0.05) is 91.0 Å². The van der Waals surface area contributed by atoms with Crippen LogP contribution < -0.4 is 4.90 Å². The Morgan fingerprint density at radius 1 is 0.906 bits per heavy atom. The van der Waals surface area contributed by atoms with Gasteiger partial charge in [0.2, 0.25) is 6.04 Å². The Bertz CT molecular complexity index is 943. The van der Waals surface area contributed by atoms with E-state index in [9.17, 15) is 9.90 Å². The fourth-order valence-electron chi connectivity index (χ4n) is 5.13. The van der Waals surface area contributed by atoms with Crippen LogP contribution in [0.25, 0.3) is 0 Å². The van der Waals surface area contributed by atoms with Crippen LogP contribution in [0.2, 0.25) is 0 Å². The van der Waals surface area contributed by atoms with Gasteiger partial charge < -0.3 is 14.7 Å². The maximum absolute atomic E-state index is 12.9. The van der Waals surface area contributed by atoms with Crippen molar-refractivity contribution in [3.63, 3.8) is 0 Å². The Morgan fingerprint density at radius 3 is 1.84 bits per heavy atom. The lowest BCUT2D eigenvalue weighted by molar-refractivity contribution is -0.929. The van der Waals surface area contributed by atoms with Crippen molar-refractivity contribution in [3.8, 4) is 0 Å². The first kappa shape index (κ1) is 22.3. The van der Waals surface area contributed by atoms with Crippen LogP contribution >= 0.6 is 0 Å². The number of esters is 1. The predicted molar refractivity (Wildman–Crippen MR) is 125 cm³/mol. The molecule has 1 saturated heterocycles. The molecule has 4 nitrogen and oxygen atoms in total.